The molecule has 14 heavy (non-hydrogen) atoms. The molecule has 0 bridgehead atoms. The fourth-order valence-electron chi connectivity index (χ4n) is 1.28. The van der Waals surface area contributed by atoms with Gasteiger partial charge in [0, 0.05) is 12.7 Å². The summed E-state index contributed by atoms with van der Waals surface area (Å²) < 4.78 is 1.80. The van der Waals surface area contributed by atoms with Gasteiger partial charge in [0.05, 0.1) is 6.54 Å². The fraction of sp³-hybridized carbons (Fsp3) is 0.200. The summed E-state index contributed by atoms with van der Waals surface area (Å²) in [6, 6.07) is 8.25. The van der Waals surface area contributed by atoms with E-state index < -0.39 is 0 Å². The van der Waals surface area contributed by atoms with E-state index in [1.54, 1.807) is 17.3 Å². The maximum absolute atomic E-state index is 4.04. The van der Waals surface area contributed by atoms with Gasteiger partial charge >= 0.3 is 0 Å². The maximum atomic E-state index is 4.04. The highest BCUT2D eigenvalue weighted by molar-refractivity contribution is 5.43. The number of hydrogen-bond acceptors (Lipinski definition) is 3. The van der Waals surface area contributed by atoms with Gasteiger partial charge in [0.1, 0.15) is 12.7 Å². The van der Waals surface area contributed by atoms with E-state index in [-0.39, 0.29) is 0 Å². The molecule has 2 rings (SSSR count). The van der Waals surface area contributed by atoms with Gasteiger partial charge in [-0.1, -0.05) is 12.1 Å². The molecule has 1 aromatic carbocycles. The third kappa shape index (κ3) is 1.90. The van der Waals surface area contributed by atoms with Crippen LogP contribution in [0.1, 0.15) is 5.56 Å². The Kier molecular flexibility index (Phi) is 2.44. The average Bonchev–Trinajstić information content (AvgIpc) is 2.72. The first-order valence-electron chi connectivity index (χ1n) is 4.47. The second-order valence-corrected chi connectivity index (χ2v) is 3.04. The van der Waals surface area contributed by atoms with Crippen molar-refractivity contribution in [1.82, 2.24) is 14.8 Å². The predicted octanol–water partition coefficient (Wildman–Crippen LogP) is 1.37. The smallest absolute Gasteiger partial charge is 0.137 e. The molecule has 72 valence electrons. The van der Waals surface area contributed by atoms with Crippen LogP contribution in [0.5, 0.6) is 0 Å². The normalized spacial score (nSPS) is 10.1. The standard InChI is InChI=1S/C10H12N4/c1-11-10-4-2-9(3-5-10)6-14-8-12-7-13-14/h2-5,7-8,11H,6H2,1H3. The lowest BCUT2D eigenvalue weighted by atomic mass is 10.2. The van der Waals surface area contributed by atoms with Gasteiger partial charge in [-0.15, -0.1) is 0 Å². The highest BCUT2D eigenvalue weighted by Gasteiger charge is 1.95. The lowest BCUT2D eigenvalue weighted by Crippen LogP contribution is -1.99. The Morgan fingerprint density at radius 1 is 1.29 bits per heavy atom. The Labute approximate surface area is 82.6 Å². The number of nitrogens with one attached hydrogen (secondary N) is 1. The van der Waals surface area contributed by atoms with Gasteiger partial charge in [-0.2, -0.15) is 5.10 Å². The predicted molar refractivity (Wildman–Crippen MR) is 55.1 cm³/mol. The largest absolute Gasteiger partial charge is 0.388 e. The van der Waals surface area contributed by atoms with Crippen LogP contribution in [0, 0.1) is 0 Å². The number of benzene rings is 1. The lowest BCUT2D eigenvalue weighted by Gasteiger charge is -2.03. The van der Waals surface area contributed by atoms with E-state index in [0.29, 0.717) is 0 Å². The molecule has 0 unspecified atom stereocenters. The summed E-state index contributed by atoms with van der Waals surface area (Å²) in [4.78, 5) is 3.89. The zero-order valence-electron chi connectivity index (χ0n) is 8.01. The van der Waals surface area contributed by atoms with E-state index in [1.807, 2.05) is 19.2 Å². The average molecular weight is 188 g/mol. The number of anilines is 1. The van der Waals surface area contributed by atoms with Crippen molar-refractivity contribution in [3.05, 3.63) is 42.5 Å². The third-order valence-electron chi connectivity index (χ3n) is 2.05. The first-order valence-corrected chi connectivity index (χ1v) is 4.47. The molecule has 0 fully saturated rings. The van der Waals surface area contributed by atoms with Crippen molar-refractivity contribution >= 4 is 5.69 Å². The summed E-state index contributed by atoms with van der Waals surface area (Å²) in [7, 11) is 1.91. The number of nitrogens with zero attached hydrogens (tertiary/aromatic N) is 3. The minimum atomic E-state index is 0.768. The summed E-state index contributed by atoms with van der Waals surface area (Å²) in [6.07, 6.45) is 3.26. The Morgan fingerprint density at radius 2 is 2.07 bits per heavy atom. The van der Waals surface area contributed by atoms with Crippen LogP contribution in [0.2, 0.25) is 0 Å². The van der Waals surface area contributed by atoms with E-state index >= 15 is 0 Å². The highest BCUT2D eigenvalue weighted by Crippen LogP contribution is 2.09. The monoisotopic (exact) mass is 188 g/mol. The molecule has 1 N–H and O–H groups in total. The van der Waals surface area contributed by atoms with E-state index in [0.717, 1.165) is 12.2 Å². The van der Waals surface area contributed by atoms with Gasteiger partial charge in [-0.3, -0.25) is 0 Å². The Balaban J connectivity index is 2.10. The number of aromatic nitrogens is 3. The molecule has 1 aromatic heterocycles. The quantitative estimate of drug-likeness (QED) is 0.791. The molecular formula is C10H12N4. The van der Waals surface area contributed by atoms with Gasteiger partial charge in [0.2, 0.25) is 0 Å². The van der Waals surface area contributed by atoms with Gasteiger partial charge in [0.15, 0.2) is 0 Å². The molecule has 0 amide bonds. The van der Waals surface area contributed by atoms with Crippen LogP contribution in [0.15, 0.2) is 36.9 Å². The molecule has 4 nitrogen and oxygen atoms in total. The molecule has 4 heteroatoms. The van der Waals surface area contributed by atoms with Gasteiger partial charge in [-0.25, -0.2) is 9.67 Å². The molecule has 0 aliphatic heterocycles. The highest BCUT2D eigenvalue weighted by atomic mass is 15.3. The summed E-state index contributed by atoms with van der Waals surface area (Å²) in [5, 5.41) is 7.12. The summed E-state index contributed by atoms with van der Waals surface area (Å²) in [6.45, 7) is 0.768. The zero-order chi connectivity index (χ0) is 9.80. The van der Waals surface area contributed by atoms with Crippen LogP contribution < -0.4 is 5.32 Å². The molecule has 0 saturated heterocycles. The SMILES string of the molecule is CNc1ccc(Cn2cncn2)cc1. The van der Waals surface area contributed by atoms with E-state index in [4.69, 9.17) is 0 Å². The third-order valence-corrected chi connectivity index (χ3v) is 2.05. The van der Waals surface area contributed by atoms with Crippen LogP contribution in [0.25, 0.3) is 0 Å². The second-order valence-electron chi connectivity index (χ2n) is 3.04. The molecule has 0 spiro atoms. The van der Waals surface area contributed by atoms with E-state index in [1.165, 1.54) is 5.56 Å². The molecular weight excluding hydrogens is 176 g/mol. The molecule has 1 heterocycles. The zero-order valence-corrected chi connectivity index (χ0v) is 8.01. The van der Waals surface area contributed by atoms with E-state index in [2.05, 4.69) is 27.5 Å². The van der Waals surface area contributed by atoms with Crippen molar-refractivity contribution in [2.45, 2.75) is 6.54 Å². The van der Waals surface area contributed by atoms with E-state index in [9.17, 15) is 0 Å². The first-order chi connectivity index (χ1) is 6.88. The lowest BCUT2D eigenvalue weighted by molar-refractivity contribution is 0.685. The van der Waals surface area contributed by atoms with Gasteiger partial charge in [-0.05, 0) is 17.7 Å². The molecule has 0 aliphatic carbocycles. The van der Waals surface area contributed by atoms with Crippen molar-refractivity contribution in [2.24, 2.45) is 0 Å². The second kappa shape index (κ2) is 3.91. The Hall–Kier alpha value is -1.84. The first kappa shape index (κ1) is 8.74. The number of rotatable bonds is 3. The fourth-order valence-corrected chi connectivity index (χ4v) is 1.28. The van der Waals surface area contributed by atoms with Crippen LogP contribution in [-0.4, -0.2) is 21.8 Å². The topological polar surface area (TPSA) is 42.7 Å². The van der Waals surface area contributed by atoms with Crippen LogP contribution in [-0.2, 0) is 6.54 Å². The minimum absolute atomic E-state index is 0.768. The van der Waals surface area contributed by atoms with Crippen molar-refractivity contribution in [3.8, 4) is 0 Å². The van der Waals surface area contributed by atoms with Crippen LogP contribution in [0.4, 0.5) is 5.69 Å². The Morgan fingerprint density at radius 3 is 2.64 bits per heavy atom. The molecule has 0 atom stereocenters. The van der Waals surface area contributed by atoms with Crippen molar-refractivity contribution < 1.29 is 0 Å². The molecule has 0 radical (unpaired) electrons. The summed E-state index contributed by atoms with van der Waals surface area (Å²) >= 11 is 0. The van der Waals surface area contributed by atoms with Gasteiger partial charge < -0.3 is 5.32 Å². The molecule has 0 saturated carbocycles. The minimum Gasteiger partial charge on any atom is -0.388 e. The van der Waals surface area contributed by atoms with Crippen molar-refractivity contribution in [2.75, 3.05) is 12.4 Å². The molecule has 2 aromatic rings. The van der Waals surface area contributed by atoms with Crippen LogP contribution >= 0.6 is 0 Å². The maximum Gasteiger partial charge on any atom is 0.137 e. The Bertz CT molecular complexity index is 377. The summed E-state index contributed by atoms with van der Waals surface area (Å²) in [5.74, 6) is 0. The number of hydrogen-bond donors (Lipinski definition) is 1. The van der Waals surface area contributed by atoms with Crippen molar-refractivity contribution in [3.63, 3.8) is 0 Å². The van der Waals surface area contributed by atoms with Crippen molar-refractivity contribution in [1.29, 1.82) is 0 Å². The molecule has 0 aliphatic rings. The van der Waals surface area contributed by atoms with Gasteiger partial charge in [0.25, 0.3) is 0 Å². The summed E-state index contributed by atoms with van der Waals surface area (Å²) in [5.41, 5.74) is 2.34. The van der Waals surface area contributed by atoms with Crippen LogP contribution in [0.3, 0.4) is 0 Å².